The minimum Gasteiger partial charge on any atom is -0.415 e. The van der Waals surface area contributed by atoms with Gasteiger partial charge in [-0.2, -0.15) is 11.8 Å². The summed E-state index contributed by atoms with van der Waals surface area (Å²) in [5, 5.41) is 19.1. The molecule has 1 atom stereocenters. The van der Waals surface area contributed by atoms with E-state index >= 15 is 0 Å². The molecule has 0 aliphatic rings. The smallest absolute Gasteiger partial charge is 0.277 e. The number of aromatic nitrogens is 2. The lowest BCUT2D eigenvalue weighted by Gasteiger charge is -2.08. The van der Waals surface area contributed by atoms with E-state index in [1.807, 2.05) is 19.2 Å². The monoisotopic (exact) mass is 311 g/mol. The predicted molar refractivity (Wildman–Crippen MR) is 78.9 cm³/mol. The van der Waals surface area contributed by atoms with Gasteiger partial charge in [0.1, 0.15) is 0 Å². The Morgan fingerprint density at radius 2 is 2.25 bits per heavy atom. The van der Waals surface area contributed by atoms with Crippen LogP contribution in [-0.4, -0.2) is 21.4 Å². The molecular weight excluding hydrogens is 298 g/mol. The van der Waals surface area contributed by atoms with Crippen LogP contribution in [-0.2, 0) is 5.75 Å². The zero-order valence-corrected chi connectivity index (χ0v) is 12.6. The van der Waals surface area contributed by atoms with E-state index in [1.54, 1.807) is 23.9 Å². The zero-order chi connectivity index (χ0) is 14.5. The van der Waals surface area contributed by atoms with Crippen LogP contribution >= 0.6 is 23.5 Å². The van der Waals surface area contributed by atoms with Gasteiger partial charge in [-0.3, -0.25) is 10.1 Å². The van der Waals surface area contributed by atoms with E-state index < -0.39 is 4.92 Å². The van der Waals surface area contributed by atoms with E-state index in [2.05, 4.69) is 10.2 Å². The Labute approximate surface area is 124 Å². The van der Waals surface area contributed by atoms with Crippen molar-refractivity contribution in [2.24, 2.45) is 0 Å². The molecule has 0 N–H and O–H groups in total. The molecule has 0 bridgehead atoms. The van der Waals surface area contributed by atoms with Crippen molar-refractivity contribution < 1.29 is 9.34 Å². The Hall–Kier alpha value is -1.54. The van der Waals surface area contributed by atoms with Crippen LogP contribution < -0.4 is 0 Å². The van der Waals surface area contributed by atoms with Gasteiger partial charge in [-0.05, 0) is 18.7 Å². The fourth-order valence-electron chi connectivity index (χ4n) is 1.58. The Balaban J connectivity index is 2.08. The summed E-state index contributed by atoms with van der Waals surface area (Å²) in [5.74, 6) is 1.27. The highest BCUT2D eigenvalue weighted by Crippen LogP contribution is 2.35. The third-order valence-corrected chi connectivity index (χ3v) is 4.07. The lowest BCUT2D eigenvalue weighted by Crippen LogP contribution is -1.92. The Kier molecular flexibility index (Phi) is 5.02. The van der Waals surface area contributed by atoms with Crippen LogP contribution in [0.25, 0.3) is 0 Å². The zero-order valence-electron chi connectivity index (χ0n) is 11.0. The van der Waals surface area contributed by atoms with Crippen molar-refractivity contribution in [1.29, 1.82) is 0 Å². The van der Waals surface area contributed by atoms with Gasteiger partial charge < -0.3 is 4.42 Å². The van der Waals surface area contributed by atoms with E-state index in [1.165, 1.54) is 17.8 Å². The first kappa shape index (κ1) is 14.9. The van der Waals surface area contributed by atoms with Gasteiger partial charge in [0.2, 0.25) is 5.89 Å². The maximum Gasteiger partial charge on any atom is 0.277 e. The van der Waals surface area contributed by atoms with Gasteiger partial charge in [-0.15, -0.1) is 10.2 Å². The van der Waals surface area contributed by atoms with Gasteiger partial charge in [0.25, 0.3) is 10.9 Å². The van der Waals surface area contributed by atoms with Gasteiger partial charge in [0, 0.05) is 17.4 Å². The van der Waals surface area contributed by atoms with Crippen molar-refractivity contribution in [3.8, 4) is 0 Å². The van der Waals surface area contributed by atoms with Gasteiger partial charge >= 0.3 is 0 Å². The van der Waals surface area contributed by atoms with E-state index in [0.29, 0.717) is 16.9 Å². The molecule has 0 saturated carbocycles. The molecule has 0 fully saturated rings. The number of benzene rings is 1. The van der Waals surface area contributed by atoms with E-state index in [4.69, 9.17) is 4.42 Å². The number of non-ortho nitro benzene ring substituents is 1. The topological polar surface area (TPSA) is 82.1 Å². The summed E-state index contributed by atoms with van der Waals surface area (Å²) >= 11 is 3.00. The molecule has 1 aromatic carbocycles. The number of hydrogen-bond donors (Lipinski definition) is 0. The summed E-state index contributed by atoms with van der Waals surface area (Å²) in [6, 6.07) is 6.57. The van der Waals surface area contributed by atoms with Gasteiger partial charge in [0.05, 0.1) is 10.7 Å². The normalized spacial score (nSPS) is 12.3. The molecule has 106 valence electrons. The molecule has 20 heavy (non-hydrogen) atoms. The molecule has 0 saturated heterocycles. The van der Waals surface area contributed by atoms with Gasteiger partial charge in [-0.1, -0.05) is 23.9 Å². The Bertz CT molecular complexity index is 603. The molecule has 0 aliphatic heterocycles. The number of nitro benzene ring substituents is 1. The Morgan fingerprint density at radius 3 is 2.95 bits per heavy atom. The molecule has 0 amide bonds. The molecule has 1 heterocycles. The summed E-state index contributed by atoms with van der Waals surface area (Å²) in [7, 11) is 0. The third-order valence-electron chi connectivity index (χ3n) is 2.54. The van der Waals surface area contributed by atoms with Crippen LogP contribution in [0.4, 0.5) is 5.69 Å². The van der Waals surface area contributed by atoms with Crippen LogP contribution in [0.3, 0.4) is 0 Å². The van der Waals surface area contributed by atoms with Crippen molar-refractivity contribution in [1.82, 2.24) is 10.2 Å². The molecule has 0 spiro atoms. The summed E-state index contributed by atoms with van der Waals surface area (Å²) in [6.45, 7) is 1.95. The fraction of sp³-hybridized carbons (Fsp3) is 0.333. The largest absolute Gasteiger partial charge is 0.415 e. The van der Waals surface area contributed by atoms with E-state index in [0.717, 1.165) is 5.56 Å². The molecule has 0 radical (unpaired) electrons. The van der Waals surface area contributed by atoms with Crippen LogP contribution in [0.15, 0.2) is 33.9 Å². The minimum atomic E-state index is -0.399. The third kappa shape index (κ3) is 3.73. The highest BCUT2D eigenvalue weighted by Gasteiger charge is 2.15. The van der Waals surface area contributed by atoms with E-state index in [-0.39, 0.29) is 10.9 Å². The standard InChI is InChI=1S/C12H13N3O3S2/c1-8(9-4-3-5-10(6-9)15(16)17)20-12-14-13-11(18-12)7-19-2/h3-6,8H,7H2,1-2H3. The van der Waals surface area contributed by atoms with Crippen LogP contribution in [0.1, 0.15) is 23.6 Å². The maximum absolute atomic E-state index is 10.8. The number of rotatable bonds is 6. The molecular formula is C12H13N3O3S2. The summed E-state index contributed by atoms with van der Waals surface area (Å²) < 4.78 is 5.48. The van der Waals surface area contributed by atoms with Crippen molar-refractivity contribution in [3.05, 3.63) is 45.8 Å². The highest BCUT2D eigenvalue weighted by atomic mass is 32.2. The molecule has 1 unspecified atom stereocenters. The second-order valence-electron chi connectivity index (χ2n) is 4.01. The first-order valence-electron chi connectivity index (χ1n) is 5.82. The van der Waals surface area contributed by atoms with Gasteiger partial charge in [-0.25, -0.2) is 0 Å². The van der Waals surface area contributed by atoms with Crippen LogP contribution in [0, 0.1) is 10.1 Å². The summed E-state index contributed by atoms with van der Waals surface area (Å²) in [4.78, 5) is 10.4. The SMILES string of the molecule is CSCc1nnc(SC(C)c2cccc([N+](=O)[O-])c2)o1. The molecule has 2 rings (SSSR count). The lowest BCUT2D eigenvalue weighted by atomic mass is 10.1. The fourth-order valence-corrected chi connectivity index (χ4v) is 2.76. The summed E-state index contributed by atoms with van der Waals surface area (Å²) in [6.07, 6.45) is 1.96. The molecule has 1 aromatic heterocycles. The second-order valence-corrected chi connectivity index (χ2v) is 6.16. The highest BCUT2D eigenvalue weighted by molar-refractivity contribution is 7.99. The second kappa shape index (κ2) is 6.76. The van der Waals surface area contributed by atoms with Gasteiger partial charge in [0.15, 0.2) is 0 Å². The lowest BCUT2D eigenvalue weighted by molar-refractivity contribution is -0.384. The number of nitrogens with zero attached hydrogens (tertiary/aromatic N) is 3. The predicted octanol–water partition coefficient (Wildman–Crippen LogP) is 3.69. The molecule has 8 heteroatoms. The average Bonchev–Trinajstić information content (AvgIpc) is 2.86. The first-order chi connectivity index (χ1) is 9.60. The van der Waals surface area contributed by atoms with Crippen molar-refractivity contribution in [2.75, 3.05) is 6.26 Å². The van der Waals surface area contributed by atoms with Crippen LogP contribution in [0.5, 0.6) is 0 Å². The number of thioether (sulfide) groups is 2. The van der Waals surface area contributed by atoms with E-state index in [9.17, 15) is 10.1 Å². The molecule has 0 aliphatic carbocycles. The Morgan fingerprint density at radius 1 is 1.45 bits per heavy atom. The average molecular weight is 311 g/mol. The molecule has 2 aromatic rings. The van der Waals surface area contributed by atoms with Crippen molar-refractivity contribution in [2.45, 2.75) is 23.1 Å². The number of hydrogen-bond acceptors (Lipinski definition) is 7. The van der Waals surface area contributed by atoms with Crippen LogP contribution in [0.2, 0.25) is 0 Å². The van der Waals surface area contributed by atoms with Crippen molar-refractivity contribution >= 4 is 29.2 Å². The molecule has 6 nitrogen and oxygen atoms in total. The minimum absolute atomic E-state index is 0.00233. The number of nitro groups is 1. The summed E-state index contributed by atoms with van der Waals surface area (Å²) in [5.41, 5.74) is 0.942. The first-order valence-corrected chi connectivity index (χ1v) is 8.10. The quantitative estimate of drug-likeness (QED) is 0.457. The van der Waals surface area contributed by atoms with Crippen molar-refractivity contribution in [3.63, 3.8) is 0 Å². The maximum atomic E-state index is 10.8.